The first-order valence-electron chi connectivity index (χ1n) is 10.7. The van der Waals surface area contributed by atoms with Crippen molar-refractivity contribution in [2.75, 3.05) is 32.7 Å². The van der Waals surface area contributed by atoms with Gasteiger partial charge in [0.25, 0.3) is 5.56 Å². The molecule has 3 rings (SSSR count). The van der Waals surface area contributed by atoms with Crippen LogP contribution in [0.25, 0.3) is 10.9 Å². The number of hydrogen-bond donors (Lipinski definition) is 0. The SMILES string of the molecule is CCCC(c1nc2cc(C)c(Br)cc2c(=O)n1CC)N1CCCN(CC)CC1. The summed E-state index contributed by atoms with van der Waals surface area (Å²) in [6.07, 6.45) is 3.28. The van der Waals surface area contributed by atoms with E-state index in [-0.39, 0.29) is 11.6 Å². The second kappa shape index (κ2) is 9.51. The molecule has 2 aromatic rings. The van der Waals surface area contributed by atoms with Gasteiger partial charge in [0.05, 0.1) is 16.9 Å². The maximum Gasteiger partial charge on any atom is 0.261 e. The Hall–Kier alpha value is -1.24. The minimum Gasteiger partial charge on any atom is -0.302 e. The first-order chi connectivity index (χ1) is 13.5. The lowest BCUT2D eigenvalue weighted by Gasteiger charge is -2.31. The standard InChI is InChI=1S/C22H33BrN4O/c1-5-9-20(26-11-8-10-25(6-2)12-13-26)21-24-19-14-16(4)18(23)15-17(19)22(28)27(21)7-3/h14-15,20H,5-13H2,1-4H3. The van der Waals surface area contributed by atoms with Crippen LogP contribution in [0.4, 0.5) is 0 Å². The molecule has 1 unspecified atom stereocenters. The molecule has 28 heavy (non-hydrogen) atoms. The Morgan fingerprint density at radius 2 is 1.89 bits per heavy atom. The summed E-state index contributed by atoms with van der Waals surface area (Å²) >= 11 is 3.56. The highest BCUT2D eigenvalue weighted by atomic mass is 79.9. The minimum atomic E-state index is 0.0781. The molecule has 1 fully saturated rings. The van der Waals surface area contributed by atoms with Crippen molar-refractivity contribution in [2.24, 2.45) is 0 Å². The van der Waals surface area contributed by atoms with Gasteiger partial charge in [0, 0.05) is 30.7 Å². The highest BCUT2D eigenvalue weighted by Gasteiger charge is 2.27. The van der Waals surface area contributed by atoms with E-state index in [1.807, 2.05) is 30.5 Å². The highest BCUT2D eigenvalue weighted by Crippen LogP contribution is 2.28. The number of benzene rings is 1. The number of aromatic nitrogens is 2. The maximum absolute atomic E-state index is 13.3. The van der Waals surface area contributed by atoms with Crippen LogP contribution in [0, 0.1) is 6.92 Å². The zero-order valence-corrected chi connectivity index (χ0v) is 19.3. The van der Waals surface area contributed by atoms with Crippen LogP contribution >= 0.6 is 15.9 Å². The van der Waals surface area contributed by atoms with Crippen molar-refractivity contribution < 1.29 is 0 Å². The number of nitrogens with zero attached hydrogens (tertiary/aromatic N) is 4. The van der Waals surface area contributed by atoms with Crippen molar-refractivity contribution in [2.45, 2.75) is 59.5 Å². The lowest BCUT2D eigenvalue weighted by molar-refractivity contribution is 0.177. The van der Waals surface area contributed by atoms with Gasteiger partial charge in [0.2, 0.25) is 0 Å². The van der Waals surface area contributed by atoms with Crippen molar-refractivity contribution in [1.29, 1.82) is 0 Å². The van der Waals surface area contributed by atoms with Crippen LogP contribution in [-0.4, -0.2) is 52.1 Å². The number of fused-ring (bicyclic) bond motifs is 1. The third-order valence-electron chi connectivity index (χ3n) is 5.95. The molecule has 1 aromatic carbocycles. The minimum absolute atomic E-state index is 0.0781. The fourth-order valence-electron chi connectivity index (χ4n) is 4.29. The van der Waals surface area contributed by atoms with E-state index in [1.165, 1.54) is 6.42 Å². The van der Waals surface area contributed by atoms with E-state index >= 15 is 0 Å². The van der Waals surface area contributed by atoms with Gasteiger partial charge in [-0.05, 0) is 57.5 Å². The van der Waals surface area contributed by atoms with Crippen molar-refractivity contribution in [1.82, 2.24) is 19.4 Å². The first kappa shape index (κ1) is 21.5. The fourth-order valence-corrected chi connectivity index (χ4v) is 4.63. The molecule has 154 valence electrons. The lowest BCUT2D eigenvalue weighted by atomic mass is 10.1. The Bertz CT molecular complexity index is 879. The summed E-state index contributed by atoms with van der Waals surface area (Å²) < 4.78 is 2.86. The quantitative estimate of drug-likeness (QED) is 0.658. The zero-order valence-electron chi connectivity index (χ0n) is 17.7. The van der Waals surface area contributed by atoms with Crippen molar-refractivity contribution in [3.05, 3.63) is 38.3 Å². The van der Waals surface area contributed by atoms with E-state index in [4.69, 9.17) is 4.98 Å². The summed E-state index contributed by atoms with van der Waals surface area (Å²) in [5.74, 6) is 0.938. The monoisotopic (exact) mass is 448 g/mol. The van der Waals surface area contributed by atoms with Crippen LogP contribution in [0.2, 0.25) is 0 Å². The molecular formula is C22H33BrN4O. The van der Waals surface area contributed by atoms with Gasteiger partial charge in [-0.25, -0.2) is 4.98 Å². The summed E-state index contributed by atoms with van der Waals surface area (Å²) in [5, 5.41) is 0.700. The second-order valence-corrected chi connectivity index (χ2v) is 8.62. The molecule has 1 aromatic heterocycles. The molecule has 0 saturated carbocycles. The Kier molecular flexibility index (Phi) is 7.29. The number of aryl methyl sites for hydroxylation is 1. The molecule has 2 heterocycles. The van der Waals surface area contributed by atoms with Gasteiger partial charge in [-0.2, -0.15) is 0 Å². The molecule has 0 aliphatic carbocycles. The molecule has 0 amide bonds. The number of halogens is 1. The van der Waals surface area contributed by atoms with Gasteiger partial charge >= 0.3 is 0 Å². The van der Waals surface area contributed by atoms with Gasteiger partial charge in [0.1, 0.15) is 5.82 Å². The predicted molar refractivity (Wildman–Crippen MR) is 120 cm³/mol. The van der Waals surface area contributed by atoms with Gasteiger partial charge in [0.15, 0.2) is 0 Å². The number of likely N-dealkylation sites (N-methyl/N-ethyl adjacent to an activating group) is 1. The van der Waals surface area contributed by atoms with E-state index in [0.717, 1.165) is 66.9 Å². The number of hydrogen-bond acceptors (Lipinski definition) is 4. The Morgan fingerprint density at radius 3 is 2.57 bits per heavy atom. The third kappa shape index (κ3) is 4.34. The summed E-state index contributed by atoms with van der Waals surface area (Å²) in [7, 11) is 0. The summed E-state index contributed by atoms with van der Waals surface area (Å²) in [6, 6.07) is 4.16. The van der Waals surface area contributed by atoms with Gasteiger partial charge in [-0.15, -0.1) is 0 Å². The Labute approximate surface area is 176 Å². The third-order valence-corrected chi connectivity index (χ3v) is 6.81. The summed E-state index contributed by atoms with van der Waals surface area (Å²) in [6.45, 7) is 14.7. The molecule has 0 radical (unpaired) electrons. The topological polar surface area (TPSA) is 41.4 Å². The van der Waals surface area contributed by atoms with E-state index < -0.39 is 0 Å². The maximum atomic E-state index is 13.3. The summed E-state index contributed by atoms with van der Waals surface area (Å²) in [5.41, 5.74) is 2.01. The molecule has 5 nitrogen and oxygen atoms in total. The molecule has 1 atom stereocenters. The predicted octanol–water partition coefficient (Wildman–Crippen LogP) is 4.36. The van der Waals surface area contributed by atoms with Crippen molar-refractivity contribution in [3.8, 4) is 0 Å². The smallest absolute Gasteiger partial charge is 0.261 e. The zero-order chi connectivity index (χ0) is 20.3. The molecule has 0 bridgehead atoms. The van der Waals surface area contributed by atoms with Crippen LogP contribution in [-0.2, 0) is 6.54 Å². The molecule has 1 aliphatic heterocycles. The van der Waals surface area contributed by atoms with Crippen molar-refractivity contribution in [3.63, 3.8) is 0 Å². The van der Waals surface area contributed by atoms with E-state index in [9.17, 15) is 4.79 Å². The fraction of sp³-hybridized carbons (Fsp3) is 0.636. The lowest BCUT2D eigenvalue weighted by Crippen LogP contribution is -2.37. The van der Waals surface area contributed by atoms with E-state index in [0.29, 0.717) is 11.9 Å². The Morgan fingerprint density at radius 1 is 1.11 bits per heavy atom. The molecule has 0 N–H and O–H groups in total. The van der Waals surface area contributed by atoms with Crippen LogP contribution < -0.4 is 5.56 Å². The van der Waals surface area contributed by atoms with E-state index in [2.05, 4.69) is 39.6 Å². The molecule has 6 heteroatoms. The molecule has 1 saturated heterocycles. The van der Waals surface area contributed by atoms with Gasteiger partial charge in [-0.3, -0.25) is 14.3 Å². The Balaban J connectivity index is 2.09. The average molecular weight is 449 g/mol. The van der Waals surface area contributed by atoms with Crippen LogP contribution in [0.15, 0.2) is 21.4 Å². The molecular weight excluding hydrogens is 416 g/mol. The summed E-state index contributed by atoms with van der Waals surface area (Å²) in [4.78, 5) is 23.4. The van der Waals surface area contributed by atoms with Crippen LogP contribution in [0.5, 0.6) is 0 Å². The van der Waals surface area contributed by atoms with Crippen molar-refractivity contribution >= 4 is 26.8 Å². The average Bonchev–Trinajstić information content (AvgIpc) is 2.93. The second-order valence-electron chi connectivity index (χ2n) is 7.77. The highest BCUT2D eigenvalue weighted by molar-refractivity contribution is 9.10. The largest absolute Gasteiger partial charge is 0.302 e. The van der Waals surface area contributed by atoms with Gasteiger partial charge < -0.3 is 4.90 Å². The first-order valence-corrected chi connectivity index (χ1v) is 11.5. The van der Waals surface area contributed by atoms with Crippen LogP contribution in [0.3, 0.4) is 0 Å². The van der Waals surface area contributed by atoms with Gasteiger partial charge in [-0.1, -0.05) is 36.2 Å². The molecule has 0 spiro atoms. The number of rotatable bonds is 6. The van der Waals surface area contributed by atoms with E-state index in [1.54, 1.807) is 0 Å². The normalized spacial score (nSPS) is 17.8. The van der Waals surface area contributed by atoms with Crippen LogP contribution in [0.1, 0.15) is 57.5 Å². The molecule has 1 aliphatic rings.